The quantitative estimate of drug-likeness (QED) is 0.689. The van der Waals surface area contributed by atoms with Gasteiger partial charge in [0.15, 0.2) is 0 Å². The van der Waals surface area contributed by atoms with E-state index in [1.807, 2.05) is 30.3 Å². The van der Waals surface area contributed by atoms with Gasteiger partial charge >= 0.3 is 0 Å². The predicted octanol–water partition coefficient (Wildman–Crippen LogP) is 1.88. The summed E-state index contributed by atoms with van der Waals surface area (Å²) in [5.74, 6) is 0.177. The minimum Gasteiger partial charge on any atom is -0.409 e. The zero-order valence-electron chi connectivity index (χ0n) is 9.08. The van der Waals surface area contributed by atoms with E-state index in [1.54, 1.807) is 10.9 Å². The average Bonchev–Trinajstić information content (AvgIpc) is 2.97. The van der Waals surface area contributed by atoms with Gasteiger partial charge in [0, 0.05) is 6.20 Å². The molecule has 0 spiro atoms. The SMILES string of the molecule is O=c1[nH]n(-c2ccccc2)cc1-c1n[nH]c(=S)o1. The van der Waals surface area contributed by atoms with E-state index >= 15 is 0 Å². The van der Waals surface area contributed by atoms with E-state index in [-0.39, 0.29) is 16.3 Å². The second kappa shape index (κ2) is 4.11. The lowest BCUT2D eigenvalue weighted by Gasteiger charge is -1.99. The highest BCUT2D eigenvalue weighted by molar-refractivity contribution is 7.71. The fraction of sp³-hybridized carbons (Fsp3) is 0. The summed E-state index contributed by atoms with van der Waals surface area (Å²) in [7, 11) is 0. The molecule has 0 radical (unpaired) electrons. The lowest BCUT2D eigenvalue weighted by Crippen LogP contribution is -2.05. The molecule has 90 valence electrons. The Bertz CT molecular complexity index is 781. The maximum Gasteiger partial charge on any atom is 0.284 e. The van der Waals surface area contributed by atoms with Gasteiger partial charge in [0.05, 0.1) is 5.69 Å². The zero-order valence-corrected chi connectivity index (χ0v) is 9.90. The van der Waals surface area contributed by atoms with Crippen molar-refractivity contribution in [2.45, 2.75) is 0 Å². The van der Waals surface area contributed by atoms with E-state index in [1.165, 1.54) is 0 Å². The van der Waals surface area contributed by atoms with Crippen molar-refractivity contribution in [3.05, 3.63) is 51.7 Å². The molecule has 1 aromatic carbocycles. The first-order valence-corrected chi connectivity index (χ1v) is 5.58. The number of hydrogen-bond acceptors (Lipinski definition) is 4. The van der Waals surface area contributed by atoms with E-state index < -0.39 is 0 Å². The average molecular weight is 260 g/mol. The number of nitrogens with one attached hydrogen (secondary N) is 2. The second-order valence-electron chi connectivity index (χ2n) is 3.61. The van der Waals surface area contributed by atoms with Crippen molar-refractivity contribution in [3.63, 3.8) is 0 Å². The number of nitrogens with zero attached hydrogens (tertiary/aromatic N) is 2. The Morgan fingerprint density at radius 1 is 1.28 bits per heavy atom. The summed E-state index contributed by atoms with van der Waals surface area (Å²) in [6.07, 6.45) is 1.62. The van der Waals surface area contributed by atoms with Crippen LogP contribution in [0.1, 0.15) is 0 Å². The molecule has 2 N–H and O–H groups in total. The van der Waals surface area contributed by atoms with Crippen molar-refractivity contribution < 1.29 is 4.42 Å². The van der Waals surface area contributed by atoms with Gasteiger partial charge in [-0.15, -0.1) is 5.10 Å². The minimum atomic E-state index is -0.288. The number of aromatic nitrogens is 4. The Labute approximate surface area is 106 Å². The summed E-state index contributed by atoms with van der Waals surface area (Å²) in [5.41, 5.74) is 0.880. The summed E-state index contributed by atoms with van der Waals surface area (Å²) < 4.78 is 6.72. The van der Waals surface area contributed by atoms with Crippen LogP contribution in [-0.4, -0.2) is 20.0 Å². The molecule has 3 aromatic rings. The van der Waals surface area contributed by atoms with Gasteiger partial charge in [-0.2, -0.15) is 0 Å². The van der Waals surface area contributed by atoms with Crippen molar-refractivity contribution in [3.8, 4) is 17.1 Å². The smallest absolute Gasteiger partial charge is 0.284 e. The monoisotopic (exact) mass is 260 g/mol. The molecule has 0 aliphatic carbocycles. The van der Waals surface area contributed by atoms with Gasteiger partial charge < -0.3 is 4.42 Å². The van der Waals surface area contributed by atoms with E-state index in [0.717, 1.165) is 5.69 Å². The Morgan fingerprint density at radius 2 is 2.06 bits per heavy atom. The Morgan fingerprint density at radius 3 is 2.72 bits per heavy atom. The van der Waals surface area contributed by atoms with Crippen molar-refractivity contribution in [1.29, 1.82) is 0 Å². The molecule has 2 heterocycles. The molecule has 0 fully saturated rings. The number of H-pyrrole nitrogens is 2. The fourth-order valence-electron chi connectivity index (χ4n) is 1.61. The molecule has 18 heavy (non-hydrogen) atoms. The van der Waals surface area contributed by atoms with E-state index in [9.17, 15) is 4.79 Å². The van der Waals surface area contributed by atoms with E-state index in [2.05, 4.69) is 15.3 Å². The van der Waals surface area contributed by atoms with Crippen molar-refractivity contribution in [2.24, 2.45) is 0 Å². The van der Waals surface area contributed by atoms with Crippen LogP contribution in [0.5, 0.6) is 0 Å². The standard InChI is InChI=1S/C11H8N4O2S/c16-9-8(10-12-13-11(18)17-10)6-15(14-9)7-4-2-1-3-5-7/h1-6H,(H,13,18)(H,14,16). The van der Waals surface area contributed by atoms with Gasteiger partial charge in [-0.1, -0.05) is 18.2 Å². The summed E-state index contributed by atoms with van der Waals surface area (Å²) in [4.78, 5) is 11.9. The highest BCUT2D eigenvalue weighted by Crippen LogP contribution is 2.13. The van der Waals surface area contributed by atoms with Crippen LogP contribution in [0.2, 0.25) is 0 Å². The third kappa shape index (κ3) is 1.80. The molecule has 0 saturated carbocycles. The molecule has 6 nitrogen and oxygen atoms in total. The van der Waals surface area contributed by atoms with Crippen molar-refractivity contribution >= 4 is 12.2 Å². The summed E-state index contributed by atoms with van der Waals surface area (Å²) in [6, 6.07) is 9.42. The molecule has 0 saturated heterocycles. The topological polar surface area (TPSA) is 79.6 Å². The highest BCUT2D eigenvalue weighted by Gasteiger charge is 2.12. The Hall–Kier alpha value is -2.41. The van der Waals surface area contributed by atoms with E-state index in [0.29, 0.717) is 5.56 Å². The first kappa shape index (κ1) is 10.7. The number of aromatic amines is 2. The predicted molar refractivity (Wildman–Crippen MR) is 67.1 cm³/mol. The Balaban J connectivity index is 2.12. The Kier molecular flexibility index (Phi) is 2.45. The van der Waals surface area contributed by atoms with Crippen LogP contribution in [0.4, 0.5) is 0 Å². The zero-order chi connectivity index (χ0) is 12.5. The van der Waals surface area contributed by atoms with Gasteiger partial charge in [0.2, 0.25) is 0 Å². The summed E-state index contributed by atoms with van der Waals surface area (Å²) in [5, 5.41) is 8.99. The largest absolute Gasteiger partial charge is 0.409 e. The number of benzene rings is 1. The summed E-state index contributed by atoms with van der Waals surface area (Å²) >= 11 is 4.77. The maximum absolute atomic E-state index is 11.8. The molecule has 7 heteroatoms. The lowest BCUT2D eigenvalue weighted by atomic mass is 10.3. The van der Waals surface area contributed by atoms with Gasteiger partial charge in [-0.05, 0) is 24.4 Å². The van der Waals surface area contributed by atoms with Crippen LogP contribution in [0.15, 0.2) is 45.7 Å². The highest BCUT2D eigenvalue weighted by atomic mass is 32.1. The van der Waals surface area contributed by atoms with Crippen LogP contribution in [0.25, 0.3) is 17.1 Å². The van der Waals surface area contributed by atoms with Gasteiger partial charge in [0.25, 0.3) is 16.3 Å². The number of para-hydroxylation sites is 1. The van der Waals surface area contributed by atoms with Gasteiger partial charge in [0.1, 0.15) is 5.56 Å². The van der Waals surface area contributed by atoms with Crippen LogP contribution >= 0.6 is 12.2 Å². The molecule has 0 bridgehead atoms. The normalized spacial score (nSPS) is 10.7. The van der Waals surface area contributed by atoms with E-state index in [4.69, 9.17) is 16.6 Å². The number of rotatable bonds is 2. The molecule has 3 rings (SSSR count). The third-order valence-electron chi connectivity index (χ3n) is 2.43. The second-order valence-corrected chi connectivity index (χ2v) is 3.98. The molecule has 0 aliphatic heterocycles. The number of hydrogen-bond donors (Lipinski definition) is 2. The molecule has 0 atom stereocenters. The summed E-state index contributed by atoms with van der Waals surface area (Å²) in [6.45, 7) is 0. The third-order valence-corrected chi connectivity index (χ3v) is 2.60. The van der Waals surface area contributed by atoms with Crippen LogP contribution < -0.4 is 5.56 Å². The van der Waals surface area contributed by atoms with Crippen LogP contribution in [-0.2, 0) is 0 Å². The first-order chi connectivity index (χ1) is 8.74. The molecule has 2 aromatic heterocycles. The van der Waals surface area contributed by atoms with Crippen LogP contribution in [0.3, 0.4) is 0 Å². The molecular weight excluding hydrogens is 252 g/mol. The van der Waals surface area contributed by atoms with Gasteiger partial charge in [-0.25, -0.2) is 5.10 Å². The minimum absolute atomic E-state index is 0.136. The molecular formula is C11H8N4O2S. The maximum atomic E-state index is 11.8. The fourth-order valence-corrected chi connectivity index (χ4v) is 1.74. The lowest BCUT2D eigenvalue weighted by molar-refractivity contribution is 0.551. The molecule has 0 unspecified atom stereocenters. The van der Waals surface area contributed by atoms with Crippen molar-refractivity contribution in [1.82, 2.24) is 20.0 Å². The van der Waals surface area contributed by atoms with Gasteiger partial charge in [-0.3, -0.25) is 14.6 Å². The van der Waals surface area contributed by atoms with Crippen LogP contribution in [0, 0.1) is 4.84 Å². The molecule has 0 amide bonds. The molecule has 0 aliphatic rings. The first-order valence-electron chi connectivity index (χ1n) is 5.17. The van der Waals surface area contributed by atoms with Crippen molar-refractivity contribution in [2.75, 3.05) is 0 Å².